The van der Waals surface area contributed by atoms with Gasteiger partial charge in [0.2, 0.25) is 0 Å². The number of methoxy groups -OCH3 is 2. The standard InChI is InChI=1S/C16H14N8O4/c1-27-15(25)13-10(8-21-24-18)6-12(22-14(13)16(26)28-2)11-5-9(3-4-19-11)7-20-23-17/h3-6H,7-8H2,1-2H3. The Morgan fingerprint density at radius 1 is 1.04 bits per heavy atom. The number of rotatable bonds is 7. The highest BCUT2D eigenvalue weighted by atomic mass is 16.5. The summed E-state index contributed by atoms with van der Waals surface area (Å²) in [6.45, 7) is -0.124. The maximum absolute atomic E-state index is 12.2. The zero-order valence-electron chi connectivity index (χ0n) is 14.9. The smallest absolute Gasteiger partial charge is 0.357 e. The highest BCUT2D eigenvalue weighted by Crippen LogP contribution is 2.24. The van der Waals surface area contributed by atoms with E-state index in [9.17, 15) is 9.59 Å². The molecule has 28 heavy (non-hydrogen) atoms. The molecular weight excluding hydrogens is 368 g/mol. The molecule has 0 N–H and O–H groups in total. The molecule has 0 amide bonds. The third kappa shape index (κ3) is 4.52. The third-order valence-electron chi connectivity index (χ3n) is 3.58. The van der Waals surface area contributed by atoms with Crippen LogP contribution < -0.4 is 0 Å². The fourth-order valence-electron chi connectivity index (χ4n) is 2.36. The molecule has 0 bridgehead atoms. The van der Waals surface area contributed by atoms with Gasteiger partial charge in [-0.3, -0.25) is 4.98 Å². The number of aromatic nitrogens is 2. The van der Waals surface area contributed by atoms with E-state index >= 15 is 0 Å². The number of azide groups is 2. The van der Waals surface area contributed by atoms with Gasteiger partial charge in [0, 0.05) is 16.0 Å². The zero-order chi connectivity index (χ0) is 20.5. The average molecular weight is 382 g/mol. The van der Waals surface area contributed by atoms with Crippen molar-refractivity contribution in [3.05, 3.63) is 67.7 Å². The van der Waals surface area contributed by atoms with E-state index in [1.54, 1.807) is 12.1 Å². The maximum atomic E-state index is 12.2. The minimum atomic E-state index is -0.866. The Bertz CT molecular complexity index is 1010. The summed E-state index contributed by atoms with van der Waals surface area (Å²) in [4.78, 5) is 38.2. The van der Waals surface area contributed by atoms with Gasteiger partial charge in [-0.05, 0) is 40.4 Å². The Labute approximate surface area is 158 Å². The lowest BCUT2D eigenvalue weighted by molar-refractivity contribution is 0.0549. The summed E-state index contributed by atoms with van der Waals surface area (Å²) in [5, 5.41) is 6.94. The van der Waals surface area contributed by atoms with Gasteiger partial charge in [-0.1, -0.05) is 10.2 Å². The van der Waals surface area contributed by atoms with Crippen LogP contribution in [0, 0.1) is 0 Å². The van der Waals surface area contributed by atoms with Crippen molar-refractivity contribution in [2.24, 2.45) is 10.2 Å². The Morgan fingerprint density at radius 3 is 2.36 bits per heavy atom. The highest BCUT2D eigenvalue weighted by Gasteiger charge is 2.25. The molecule has 12 nitrogen and oxygen atoms in total. The number of carbonyl (C=O) groups is 2. The van der Waals surface area contributed by atoms with Crippen LogP contribution in [0.15, 0.2) is 34.6 Å². The van der Waals surface area contributed by atoms with Crippen LogP contribution >= 0.6 is 0 Å². The van der Waals surface area contributed by atoms with Crippen LogP contribution in [0.5, 0.6) is 0 Å². The number of hydrogen-bond acceptors (Lipinski definition) is 8. The van der Waals surface area contributed by atoms with Crippen molar-refractivity contribution in [1.29, 1.82) is 0 Å². The zero-order valence-corrected chi connectivity index (χ0v) is 14.9. The Kier molecular flexibility index (Phi) is 6.87. The van der Waals surface area contributed by atoms with Crippen LogP contribution in [0.2, 0.25) is 0 Å². The van der Waals surface area contributed by atoms with Gasteiger partial charge < -0.3 is 9.47 Å². The summed E-state index contributed by atoms with van der Waals surface area (Å²) in [6, 6.07) is 4.74. The minimum Gasteiger partial charge on any atom is -0.465 e. The predicted octanol–water partition coefficient (Wildman–Crippen LogP) is 3.34. The van der Waals surface area contributed by atoms with E-state index in [1.165, 1.54) is 12.3 Å². The van der Waals surface area contributed by atoms with Crippen LogP contribution in [0.1, 0.15) is 32.0 Å². The quantitative estimate of drug-likeness (QED) is 0.307. The second-order valence-corrected chi connectivity index (χ2v) is 5.20. The first-order valence-electron chi connectivity index (χ1n) is 7.73. The summed E-state index contributed by atoms with van der Waals surface area (Å²) < 4.78 is 9.43. The van der Waals surface area contributed by atoms with Crippen molar-refractivity contribution >= 4 is 11.9 Å². The Balaban J connectivity index is 2.71. The van der Waals surface area contributed by atoms with Crippen LogP contribution in [-0.2, 0) is 22.6 Å². The molecule has 0 aliphatic rings. The van der Waals surface area contributed by atoms with E-state index in [4.69, 9.17) is 20.5 Å². The van der Waals surface area contributed by atoms with Crippen molar-refractivity contribution in [3.63, 3.8) is 0 Å². The number of nitrogens with zero attached hydrogens (tertiary/aromatic N) is 8. The molecule has 2 aromatic rings. The lowest BCUT2D eigenvalue weighted by atomic mass is 10.0. The Morgan fingerprint density at radius 2 is 1.71 bits per heavy atom. The SMILES string of the molecule is COC(=O)c1nc(-c2cc(CN=[N+]=[N-])ccn2)cc(CN=[N+]=[N-])c1C(=O)OC. The first-order valence-corrected chi connectivity index (χ1v) is 7.73. The van der Waals surface area contributed by atoms with Crippen LogP contribution in [-0.4, -0.2) is 36.1 Å². The van der Waals surface area contributed by atoms with E-state index in [0.29, 0.717) is 11.3 Å². The molecule has 0 atom stereocenters. The van der Waals surface area contributed by atoms with Crippen molar-refractivity contribution in [2.75, 3.05) is 14.2 Å². The topological polar surface area (TPSA) is 176 Å². The molecule has 0 aromatic carbocycles. The van der Waals surface area contributed by atoms with E-state index in [1.807, 2.05) is 0 Å². The summed E-state index contributed by atoms with van der Waals surface area (Å²) in [6.07, 6.45) is 1.48. The molecular formula is C16H14N8O4. The summed E-state index contributed by atoms with van der Waals surface area (Å²) in [5.41, 5.74) is 18.1. The lowest BCUT2D eigenvalue weighted by Gasteiger charge is -2.13. The van der Waals surface area contributed by atoms with Gasteiger partial charge in [0.05, 0.1) is 44.3 Å². The predicted molar refractivity (Wildman–Crippen MR) is 95.8 cm³/mol. The maximum Gasteiger partial charge on any atom is 0.357 e. The van der Waals surface area contributed by atoms with Gasteiger partial charge in [-0.2, -0.15) is 0 Å². The number of pyridine rings is 2. The molecule has 12 heteroatoms. The molecule has 0 unspecified atom stereocenters. The van der Waals surface area contributed by atoms with Gasteiger partial charge in [0.25, 0.3) is 0 Å². The number of carbonyl (C=O) groups excluding carboxylic acids is 2. The second kappa shape index (κ2) is 9.53. The average Bonchev–Trinajstić information content (AvgIpc) is 2.74. The first kappa shape index (κ1) is 20.2. The number of hydrogen-bond donors (Lipinski definition) is 0. The summed E-state index contributed by atoms with van der Waals surface area (Å²) in [5.74, 6) is -1.69. The van der Waals surface area contributed by atoms with Crippen molar-refractivity contribution in [1.82, 2.24) is 9.97 Å². The van der Waals surface area contributed by atoms with E-state index in [2.05, 4.69) is 30.0 Å². The molecule has 0 spiro atoms. The number of ether oxygens (including phenoxy) is 2. The van der Waals surface area contributed by atoms with Gasteiger partial charge in [0.1, 0.15) is 0 Å². The highest BCUT2D eigenvalue weighted by molar-refractivity contribution is 6.03. The second-order valence-electron chi connectivity index (χ2n) is 5.20. The molecule has 0 saturated heterocycles. The molecule has 0 aliphatic carbocycles. The Hall–Kier alpha value is -4.14. The van der Waals surface area contributed by atoms with Gasteiger partial charge in [-0.15, -0.1) is 0 Å². The van der Waals surface area contributed by atoms with Gasteiger partial charge in [-0.25, -0.2) is 14.6 Å². The largest absolute Gasteiger partial charge is 0.465 e. The van der Waals surface area contributed by atoms with Crippen LogP contribution in [0.4, 0.5) is 0 Å². The van der Waals surface area contributed by atoms with Gasteiger partial charge >= 0.3 is 11.9 Å². The van der Waals surface area contributed by atoms with E-state index < -0.39 is 11.9 Å². The fourth-order valence-corrected chi connectivity index (χ4v) is 2.36. The lowest BCUT2D eigenvalue weighted by Crippen LogP contribution is -2.17. The minimum absolute atomic E-state index is 0.0989. The first-order chi connectivity index (χ1) is 13.5. The fraction of sp³-hybridized carbons (Fsp3) is 0.250. The normalized spacial score (nSPS) is 9.64. The molecule has 0 fully saturated rings. The van der Waals surface area contributed by atoms with Crippen LogP contribution in [0.3, 0.4) is 0 Å². The van der Waals surface area contributed by atoms with E-state index in [0.717, 1.165) is 14.2 Å². The molecule has 142 valence electrons. The third-order valence-corrected chi connectivity index (χ3v) is 3.58. The molecule has 0 saturated carbocycles. The van der Waals surface area contributed by atoms with Crippen LogP contribution in [0.25, 0.3) is 32.3 Å². The van der Waals surface area contributed by atoms with E-state index in [-0.39, 0.29) is 35.6 Å². The molecule has 0 aliphatic heterocycles. The molecule has 2 heterocycles. The summed E-state index contributed by atoms with van der Waals surface area (Å²) >= 11 is 0. The van der Waals surface area contributed by atoms with Crippen molar-refractivity contribution < 1.29 is 19.1 Å². The van der Waals surface area contributed by atoms with Crippen molar-refractivity contribution in [3.8, 4) is 11.4 Å². The molecule has 0 radical (unpaired) electrons. The van der Waals surface area contributed by atoms with Gasteiger partial charge in [0.15, 0.2) is 5.69 Å². The monoisotopic (exact) mass is 382 g/mol. The number of esters is 2. The molecule has 2 rings (SSSR count). The summed E-state index contributed by atoms with van der Waals surface area (Å²) in [7, 11) is 2.29. The molecule has 2 aromatic heterocycles. The van der Waals surface area contributed by atoms with Crippen molar-refractivity contribution in [2.45, 2.75) is 13.1 Å².